The highest BCUT2D eigenvalue weighted by Gasteiger charge is 2.36. The van der Waals surface area contributed by atoms with Gasteiger partial charge in [0.05, 0.1) is 18.1 Å². The summed E-state index contributed by atoms with van der Waals surface area (Å²) in [4.78, 5) is 50.5. The van der Waals surface area contributed by atoms with E-state index in [1.165, 1.54) is 0 Å². The van der Waals surface area contributed by atoms with E-state index < -0.39 is 30.4 Å². The lowest BCUT2D eigenvalue weighted by Gasteiger charge is -2.19. The second-order valence-electron chi connectivity index (χ2n) is 8.06. The van der Waals surface area contributed by atoms with E-state index in [9.17, 15) is 19.2 Å². The third-order valence-electron chi connectivity index (χ3n) is 5.30. The molecule has 0 spiro atoms. The molecule has 1 aliphatic heterocycles. The van der Waals surface area contributed by atoms with Crippen LogP contribution in [0.25, 0.3) is 0 Å². The molecule has 2 amide bonds. The molecule has 1 aliphatic rings. The molecule has 0 radical (unpaired) electrons. The minimum absolute atomic E-state index is 0.0451. The highest BCUT2D eigenvalue weighted by molar-refractivity contribution is 6.00. The molecule has 8 nitrogen and oxygen atoms in total. The van der Waals surface area contributed by atoms with E-state index in [0.29, 0.717) is 17.9 Å². The number of aryl methyl sites for hydroxylation is 2. The number of carbonyl (C=O) groups is 4. The first-order valence-electron chi connectivity index (χ1n) is 10.9. The summed E-state index contributed by atoms with van der Waals surface area (Å²) in [6.07, 6.45) is 0.778. The van der Waals surface area contributed by atoms with E-state index >= 15 is 0 Å². The molecule has 2 aromatic carbocycles. The molecule has 174 valence electrons. The van der Waals surface area contributed by atoms with Crippen LogP contribution in [-0.4, -0.2) is 43.5 Å². The number of hydrogen-bond donors (Lipinski definition) is 1. The maximum atomic E-state index is 12.5. The Labute approximate surface area is 192 Å². The first-order chi connectivity index (χ1) is 15.8. The highest BCUT2D eigenvalue weighted by Crippen LogP contribution is 2.29. The Bertz CT molecular complexity index is 1050. The molecule has 0 aromatic heterocycles. The van der Waals surface area contributed by atoms with Crippen LogP contribution in [0, 0.1) is 19.8 Å². The minimum Gasteiger partial charge on any atom is -0.462 e. The molecule has 3 rings (SSSR count). The lowest BCUT2D eigenvalue weighted by atomic mass is 10.1. The minimum atomic E-state index is -0.626. The molecule has 2 aromatic rings. The first kappa shape index (κ1) is 24.0. The Morgan fingerprint density at radius 2 is 1.79 bits per heavy atom. The number of amides is 2. The van der Waals surface area contributed by atoms with Crippen LogP contribution < -0.4 is 10.2 Å². The fraction of sp³-hybridized carbons (Fsp3) is 0.360. The Hall–Kier alpha value is -3.68. The molecule has 0 saturated carbocycles. The molecule has 8 heteroatoms. The zero-order chi connectivity index (χ0) is 24.0. The SMILES string of the molecule is CCCOC(=O)c1ccc(NC(=O)COC(=O)[C@H]2CC(=O)N(c3cc(C)ccc3C)C2)cc1. The van der Waals surface area contributed by atoms with Crippen molar-refractivity contribution in [2.75, 3.05) is 30.0 Å². The van der Waals surface area contributed by atoms with Gasteiger partial charge in [0.1, 0.15) is 0 Å². The number of nitrogens with zero attached hydrogens (tertiary/aromatic N) is 1. The molecule has 1 N–H and O–H groups in total. The second-order valence-corrected chi connectivity index (χ2v) is 8.06. The smallest absolute Gasteiger partial charge is 0.338 e. The van der Waals surface area contributed by atoms with Crippen molar-refractivity contribution >= 4 is 35.1 Å². The molecule has 0 unspecified atom stereocenters. The van der Waals surface area contributed by atoms with E-state index in [2.05, 4.69) is 5.32 Å². The van der Waals surface area contributed by atoms with Gasteiger partial charge in [-0.15, -0.1) is 0 Å². The summed E-state index contributed by atoms with van der Waals surface area (Å²) in [5, 5.41) is 2.61. The normalized spacial score (nSPS) is 15.3. The number of esters is 2. The van der Waals surface area contributed by atoms with Crippen LogP contribution in [0.3, 0.4) is 0 Å². The predicted molar refractivity (Wildman–Crippen MR) is 123 cm³/mol. The van der Waals surface area contributed by atoms with Crippen LogP contribution in [0.15, 0.2) is 42.5 Å². The maximum Gasteiger partial charge on any atom is 0.338 e. The first-order valence-corrected chi connectivity index (χ1v) is 10.9. The van der Waals surface area contributed by atoms with Crippen LogP contribution in [0.5, 0.6) is 0 Å². The molecule has 0 bridgehead atoms. The largest absolute Gasteiger partial charge is 0.462 e. The highest BCUT2D eigenvalue weighted by atomic mass is 16.5. The van der Waals surface area contributed by atoms with Gasteiger partial charge < -0.3 is 19.7 Å². The summed E-state index contributed by atoms with van der Waals surface area (Å²) < 4.78 is 10.2. The van der Waals surface area contributed by atoms with Gasteiger partial charge in [0, 0.05) is 24.3 Å². The zero-order valence-electron chi connectivity index (χ0n) is 19.1. The number of benzene rings is 2. The van der Waals surface area contributed by atoms with Gasteiger partial charge in [-0.05, 0) is 61.7 Å². The van der Waals surface area contributed by atoms with E-state index in [-0.39, 0.29) is 18.9 Å². The monoisotopic (exact) mass is 452 g/mol. The van der Waals surface area contributed by atoms with Crippen molar-refractivity contribution in [1.82, 2.24) is 0 Å². The number of anilines is 2. The van der Waals surface area contributed by atoms with Gasteiger partial charge in [-0.25, -0.2) is 4.79 Å². The second kappa shape index (κ2) is 10.8. The fourth-order valence-corrected chi connectivity index (χ4v) is 3.53. The maximum absolute atomic E-state index is 12.5. The average molecular weight is 453 g/mol. The van der Waals surface area contributed by atoms with Crippen molar-refractivity contribution in [3.8, 4) is 0 Å². The Kier molecular flexibility index (Phi) is 7.82. The number of hydrogen-bond acceptors (Lipinski definition) is 6. The van der Waals surface area contributed by atoms with Crippen LogP contribution in [0.4, 0.5) is 11.4 Å². The molecular weight excluding hydrogens is 424 g/mol. The Morgan fingerprint density at radius 3 is 2.48 bits per heavy atom. The standard InChI is InChI=1S/C25H28N2O6/c1-4-11-32-24(30)18-7-9-20(10-8-18)26-22(28)15-33-25(31)19-13-23(29)27(14-19)21-12-16(2)5-6-17(21)3/h5-10,12,19H,4,11,13-15H2,1-3H3,(H,26,28)/t19-/m0/s1. The van der Waals surface area contributed by atoms with Crippen molar-refractivity contribution in [3.63, 3.8) is 0 Å². The summed E-state index contributed by atoms with van der Waals surface area (Å²) >= 11 is 0. The van der Waals surface area contributed by atoms with Crippen molar-refractivity contribution in [2.45, 2.75) is 33.6 Å². The summed E-state index contributed by atoms with van der Waals surface area (Å²) in [5.41, 5.74) is 3.60. The van der Waals surface area contributed by atoms with Crippen LogP contribution >= 0.6 is 0 Å². The van der Waals surface area contributed by atoms with Gasteiger partial charge in [0.25, 0.3) is 5.91 Å². The number of nitrogens with one attached hydrogen (secondary N) is 1. The number of ether oxygens (including phenoxy) is 2. The Balaban J connectivity index is 1.49. The third-order valence-corrected chi connectivity index (χ3v) is 5.30. The van der Waals surface area contributed by atoms with Crippen molar-refractivity contribution in [3.05, 3.63) is 59.2 Å². The number of rotatable bonds is 8. The molecule has 0 aliphatic carbocycles. The predicted octanol–water partition coefficient (Wildman–Crippen LogP) is 3.41. The van der Waals surface area contributed by atoms with E-state index in [1.54, 1.807) is 29.2 Å². The molecule has 1 atom stereocenters. The van der Waals surface area contributed by atoms with E-state index in [0.717, 1.165) is 23.2 Å². The van der Waals surface area contributed by atoms with Gasteiger partial charge in [0.15, 0.2) is 6.61 Å². The zero-order valence-corrected chi connectivity index (χ0v) is 19.1. The lowest BCUT2D eigenvalue weighted by Crippen LogP contribution is -2.28. The van der Waals surface area contributed by atoms with E-state index in [4.69, 9.17) is 9.47 Å². The molecule has 33 heavy (non-hydrogen) atoms. The lowest BCUT2D eigenvalue weighted by molar-refractivity contribution is -0.151. The fourth-order valence-electron chi connectivity index (χ4n) is 3.53. The quantitative estimate of drug-likeness (QED) is 0.616. The Morgan fingerprint density at radius 1 is 1.06 bits per heavy atom. The molecule has 1 fully saturated rings. The average Bonchev–Trinajstić information content (AvgIpc) is 3.19. The van der Waals surface area contributed by atoms with E-state index in [1.807, 2.05) is 39.0 Å². The molecular formula is C25H28N2O6. The van der Waals surface area contributed by atoms with Gasteiger partial charge in [-0.3, -0.25) is 14.4 Å². The molecule has 1 heterocycles. The van der Waals surface area contributed by atoms with Crippen molar-refractivity contribution in [2.24, 2.45) is 5.92 Å². The molecule has 1 saturated heterocycles. The van der Waals surface area contributed by atoms with Crippen molar-refractivity contribution < 1.29 is 28.7 Å². The topological polar surface area (TPSA) is 102 Å². The summed E-state index contributed by atoms with van der Waals surface area (Å²) in [7, 11) is 0. The van der Waals surface area contributed by atoms with Gasteiger partial charge in [0.2, 0.25) is 5.91 Å². The van der Waals surface area contributed by atoms with Crippen LogP contribution in [0.1, 0.15) is 41.3 Å². The summed E-state index contributed by atoms with van der Waals surface area (Å²) in [6, 6.07) is 12.1. The van der Waals surface area contributed by atoms with Crippen molar-refractivity contribution in [1.29, 1.82) is 0 Å². The number of carbonyl (C=O) groups excluding carboxylic acids is 4. The van der Waals surface area contributed by atoms with Gasteiger partial charge >= 0.3 is 11.9 Å². The summed E-state index contributed by atoms with van der Waals surface area (Å²) in [5.74, 6) is -2.29. The third kappa shape index (κ3) is 6.19. The van der Waals surface area contributed by atoms with Gasteiger partial charge in [-0.1, -0.05) is 19.1 Å². The van der Waals surface area contributed by atoms with Crippen LogP contribution in [0.2, 0.25) is 0 Å². The summed E-state index contributed by atoms with van der Waals surface area (Å²) in [6.45, 7) is 5.87. The van der Waals surface area contributed by atoms with Gasteiger partial charge in [-0.2, -0.15) is 0 Å². The van der Waals surface area contributed by atoms with Crippen LogP contribution in [-0.2, 0) is 23.9 Å².